The van der Waals surface area contributed by atoms with E-state index in [9.17, 15) is 9.13 Å². The SMILES string of the molecule is CCCCN=C(N)NC(=N)N.Cl.O=P(O)(O)OP(=O)(O)O. The van der Waals surface area contributed by atoms with Crippen LogP contribution in [0.15, 0.2) is 4.99 Å². The summed E-state index contributed by atoms with van der Waals surface area (Å²) in [7, 11) is -10.1. The van der Waals surface area contributed by atoms with Crippen molar-refractivity contribution in [2.75, 3.05) is 6.54 Å². The number of hydrogen-bond donors (Lipinski definition) is 8. The Morgan fingerprint density at radius 3 is 1.90 bits per heavy atom. The lowest BCUT2D eigenvalue weighted by Crippen LogP contribution is -2.40. The first-order valence-electron chi connectivity index (χ1n) is 5.10. The molecule has 0 aromatic heterocycles. The van der Waals surface area contributed by atoms with Gasteiger partial charge in [-0.25, -0.2) is 9.13 Å². The summed E-state index contributed by atoms with van der Waals surface area (Å²) in [6.45, 7) is 2.76. The number of guanidine groups is 2. The molecule has 0 saturated carbocycles. The van der Waals surface area contributed by atoms with Gasteiger partial charge in [0.1, 0.15) is 0 Å². The molecule has 15 heteroatoms. The number of rotatable bonds is 5. The lowest BCUT2D eigenvalue weighted by molar-refractivity contribution is 0.225. The number of halogens is 1. The minimum atomic E-state index is -5.05. The van der Waals surface area contributed by atoms with Crippen LogP contribution in [0.3, 0.4) is 0 Å². The first kappa shape index (κ1) is 25.3. The fourth-order valence-corrected chi connectivity index (χ4v) is 1.78. The molecule has 21 heavy (non-hydrogen) atoms. The summed E-state index contributed by atoms with van der Waals surface area (Å²) in [5.74, 6) is 0.0358. The molecule has 0 amide bonds. The highest BCUT2D eigenvalue weighted by molar-refractivity contribution is 7.60. The van der Waals surface area contributed by atoms with Gasteiger partial charge in [0.15, 0.2) is 11.9 Å². The van der Waals surface area contributed by atoms with Crippen LogP contribution >= 0.6 is 28.1 Å². The fraction of sp³-hybridized carbons (Fsp3) is 0.667. The van der Waals surface area contributed by atoms with Crippen molar-refractivity contribution in [3.05, 3.63) is 0 Å². The molecule has 0 aromatic carbocycles. The third-order valence-corrected chi connectivity index (χ3v) is 2.97. The van der Waals surface area contributed by atoms with E-state index in [1.807, 2.05) is 0 Å². The number of hydrogen-bond acceptors (Lipinski definition) is 5. The molecule has 0 spiro atoms. The maximum atomic E-state index is 9.63. The van der Waals surface area contributed by atoms with Gasteiger partial charge in [-0.15, -0.1) is 12.4 Å². The Kier molecular flexibility index (Phi) is 14.3. The van der Waals surface area contributed by atoms with Crippen molar-refractivity contribution < 1.29 is 33.0 Å². The Labute approximate surface area is 127 Å². The molecular formula is C6H20ClN5O7P2. The van der Waals surface area contributed by atoms with E-state index in [-0.39, 0.29) is 24.3 Å². The second-order valence-corrected chi connectivity index (χ2v) is 5.84. The molecule has 0 radical (unpaired) electrons. The number of nitrogens with one attached hydrogen (secondary N) is 2. The lowest BCUT2D eigenvalue weighted by Gasteiger charge is -2.03. The first-order chi connectivity index (χ1) is 8.87. The third kappa shape index (κ3) is 28.2. The summed E-state index contributed by atoms with van der Waals surface area (Å²) < 4.78 is 22.2. The Hall–Kier alpha value is -0.710. The van der Waals surface area contributed by atoms with Gasteiger partial charge in [0.25, 0.3) is 0 Å². The lowest BCUT2D eigenvalue weighted by atomic mass is 10.3. The van der Waals surface area contributed by atoms with Crippen LogP contribution in [-0.2, 0) is 13.4 Å². The van der Waals surface area contributed by atoms with Gasteiger partial charge in [0, 0.05) is 6.54 Å². The number of nitrogens with zero attached hydrogens (tertiary/aromatic N) is 1. The van der Waals surface area contributed by atoms with Crippen molar-refractivity contribution in [2.24, 2.45) is 16.5 Å². The van der Waals surface area contributed by atoms with Crippen LogP contribution in [0.2, 0.25) is 0 Å². The highest BCUT2D eigenvalue weighted by atomic mass is 35.5. The van der Waals surface area contributed by atoms with E-state index in [0.717, 1.165) is 12.8 Å². The number of phosphoric acid groups is 2. The van der Waals surface area contributed by atoms with E-state index in [1.165, 1.54) is 0 Å². The van der Waals surface area contributed by atoms with Crippen molar-refractivity contribution in [3.8, 4) is 0 Å². The Morgan fingerprint density at radius 1 is 1.24 bits per heavy atom. The van der Waals surface area contributed by atoms with E-state index in [2.05, 4.69) is 21.5 Å². The van der Waals surface area contributed by atoms with Crippen LogP contribution in [-0.4, -0.2) is 38.0 Å². The molecule has 10 N–H and O–H groups in total. The van der Waals surface area contributed by atoms with E-state index in [1.54, 1.807) is 0 Å². The zero-order chi connectivity index (χ0) is 16.4. The topological polar surface area (TPSA) is 225 Å². The minimum absolute atomic E-state index is 0. The summed E-state index contributed by atoms with van der Waals surface area (Å²) in [4.78, 5) is 34.9. The monoisotopic (exact) mass is 371 g/mol. The highest BCUT2D eigenvalue weighted by Gasteiger charge is 2.27. The van der Waals surface area contributed by atoms with Crippen LogP contribution < -0.4 is 16.8 Å². The van der Waals surface area contributed by atoms with E-state index in [0.29, 0.717) is 6.54 Å². The molecule has 0 rings (SSSR count). The van der Waals surface area contributed by atoms with E-state index < -0.39 is 15.6 Å². The molecule has 0 saturated heterocycles. The average molecular weight is 372 g/mol. The molecular weight excluding hydrogens is 351 g/mol. The van der Waals surface area contributed by atoms with Crippen LogP contribution in [0, 0.1) is 5.41 Å². The standard InChI is InChI=1S/C6H15N5.ClH.H4O7P2/c1-2-3-4-10-6(9)11-5(7)8;;1-8(2,3)7-9(4,5)6/h2-4H2,1H3,(H6,7,8,9,10,11);1H;(H2,1,2,3)(H2,4,5,6). The predicted molar refractivity (Wildman–Crippen MR) is 78.9 cm³/mol. The van der Waals surface area contributed by atoms with E-state index >= 15 is 0 Å². The highest BCUT2D eigenvalue weighted by Crippen LogP contribution is 2.53. The van der Waals surface area contributed by atoms with Gasteiger partial charge in [0.2, 0.25) is 0 Å². The Balaban J connectivity index is -0.000000300. The average Bonchev–Trinajstić information content (AvgIpc) is 2.11. The molecule has 0 fully saturated rings. The third-order valence-electron chi connectivity index (χ3n) is 1.27. The van der Waals surface area contributed by atoms with Crippen LogP contribution in [0.1, 0.15) is 19.8 Å². The number of aliphatic imine (C=N–C) groups is 1. The van der Waals surface area contributed by atoms with Crippen molar-refractivity contribution in [1.82, 2.24) is 5.32 Å². The summed E-state index contributed by atoms with van der Waals surface area (Å²) >= 11 is 0. The van der Waals surface area contributed by atoms with Crippen LogP contribution in [0.5, 0.6) is 0 Å². The Bertz CT molecular complexity index is 402. The zero-order valence-corrected chi connectivity index (χ0v) is 13.6. The fourth-order valence-electron chi connectivity index (χ4n) is 0.674. The normalized spacial score (nSPS) is 11.8. The summed E-state index contributed by atoms with van der Waals surface area (Å²) in [5.41, 5.74) is 10.3. The van der Waals surface area contributed by atoms with Gasteiger partial charge < -0.3 is 31.0 Å². The molecule has 0 aliphatic carbocycles. The smallest absolute Gasteiger partial charge is 0.370 e. The summed E-state index contributed by atoms with van der Waals surface area (Å²) in [5, 5.41) is 9.20. The molecule has 0 atom stereocenters. The summed E-state index contributed by atoms with van der Waals surface area (Å²) in [6.07, 6.45) is 2.08. The van der Waals surface area contributed by atoms with Gasteiger partial charge in [-0.05, 0) is 6.42 Å². The molecule has 128 valence electrons. The molecule has 12 nitrogen and oxygen atoms in total. The second kappa shape index (κ2) is 11.9. The zero-order valence-electron chi connectivity index (χ0n) is 11.0. The molecule has 0 heterocycles. The summed E-state index contributed by atoms with van der Waals surface area (Å²) in [6, 6.07) is 0. The van der Waals surface area contributed by atoms with Crippen molar-refractivity contribution >= 4 is 40.0 Å². The Morgan fingerprint density at radius 2 is 1.67 bits per heavy atom. The second-order valence-electron chi connectivity index (χ2n) is 3.22. The van der Waals surface area contributed by atoms with E-state index in [4.69, 9.17) is 36.5 Å². The van der Waals surface area contributed by atoms with Crippen molar-refractivity contribution in [3.63, 3.8) is 0 Å². The maximum absolute atomic E-state index is 9.63. The van der Waals surface area contributed by atoms with Crippen molar-refractivity contribution in [2.45, 2.75) is 19.8 Å². The molecule has 0 bridgehead atoms. The largest absolute Gasteiger partial charge is 0.478 e. The maximum Gasteiger partial charge on any atom is 0.478 e. The van der Waals surface area contributed by atoms with Crippen LogP contribution in [0.25, 0.3) is 0 Å². The molecule has 0 aliphatic heterocycles. The van der Waals surface area contributed by atoms with Crippen LogP contribution in [0.4, 0.5) is 0 Å². The molecule has 0 aromatic rings. The van der Waals surface area contributed by atoms with Gasteiger partial charge in [0.05, 0.1) is 0 Å². The first-order valence-corrected chi connectivity index (χ1v) is 8.17. The van der Waals surface area contributed by atoms with Gasteiger partial charge in [-0.3, -0.25) is 15.7 Å². The number of nitrogens with two attached hydrogens (primary N) is 2. The van der Waals surface area contributed by atoms with Gasteiger partial charge in [-0.2, -0.15) is 4.31 Å². The predicted octanol–water partition coefficient (Wildman–Crippen LogP) is -0.806. The van der Waals surface area contributed by atoms with Crippen molar-refractivity contribution in [1.29, 1.82) is 5.41 Å². The quantitative estimate of drug-likeness (QED) is 0.130. The van der Waals surface area contributed by atoms with Gasteiger partial charge in [-0.1, -0.05) is 13.3 Å². The molecule has 0 unspecified atom stereocenters. The molecule has 0 aliphatic rings. The minimum Gasteiger partial charge on any atom is -0.370 e. The van der Waals surface area contributed by atoms with Gasteiger partial charge >= 0.3 is 15.6 Å². The number of unbranched alkanes of at least 4 members (excludes halogenated alkanes) is 1.